The third-order valence-electron chi connectivity index (χ3n) is 10.4. The van der Waals surface area contributed by atoms with Crippen LogP contribution in [0.2, 0.25) is 0 Å². The van der Waals surface area contributed by atoms with Crippen LogP contribution in [0.25, 0.3) is 61.8 Å². The van der Waals surface area contributed by atoms with E-state index in [2.05, 4.69) is 79.9 Å². The molecule has 0 amide bonds. The van der Waals surface area contributed by atoms with Gasteiger partial charge in [-0.05, 0) is 40.1 Å². The summed E-state index contributed by atoms with van der Waals surface area (Å²) in [6.45, 7) is 6.70. The fourth-order valence-corrected chi connectivity index (χ4v) is 7.45. The van der Waals surface area contributed by atoms with E-state index in [1.165, 1.54) is 5.56 Å². The molecule has 1 aliphatic rings. The molecule has 0 bridgehead atoms. The third kappa shape index (κ3) is 6.97. The molecular formula is C50H37N7OPt+2. The van der Waals surface area contributed by atoms with Gasteiger partial charge in [-0.2, -0.15) is 6.07 Å². The van der Waals surface area contributed by atoms with Crippen molar-refractivity contribution in [1.82, 2.24) is 29.1 Å². The first-order chi connectivity index (χ1) is 28.3. The van der Waals surface area contributed by atoms with Crippen molar-refractivity contribution in [3.8, 4) is 51.5 Å². The van der Waals surface area contributed by atoms with Gasteiger partial charge in [-0.3, -0.25) is 0 Å². The number of pyridine rings is 1. The molecule has 0 N–H and O–H groups in total. The number of rotatable bonds is 7. The molecule has 8 nitrogen and oxygen atoms in total. The van der Waals surface area contributed by atoms with Crippen molar-refractivity contribution in [1.29, 1.82) is 0 Å². The van der Waals surface area contributed by atoms with Gasteiger partial charge >= 0.3 is 27.1 Å². The van der Waals surface area contributed by atoms with Crippen LogP contribution >= 0.6 is 0 Å². The van der Waals surface area contributed by atoms with Gasteiger partial charge in [0.25, 0.3) is 11.4 Å². The van der Waals surface area contributed by atoms with Crippen molar-refractivity contribution in [3.63, 3.8) is 0 Å². The van der Waals surface area contributed by atoms with Gasteiger partial charge in [-0.25, -0.2) is 19.9 Å². The Balaban J connectivity index is 0.00000449. The molecule has 0 unspecified atom stereocenters. The van der Waals surface area contributed by atoms with Crippen LogP contribution in [0.3, 0.4) is 0 Å². The summed E-state index contributed by atoms with van der Waals surface area (Å²) in [5.74, 6) is 3.28. The average Bonchev–Trinajstić information content (AvgIpc) is 3.77. The maximum absolute atomic E-state index is 6.93. The van der Waals surface area contributed by atoms with Crippen molar-refractivity contribution in [2.75, 3.05) is 7.05 Å². The number of hydrogen-bond donors (Lipinski definition) is 0. The number of aromatic nitrogens is 5. The molecular weight excluding hydrogens is 910 g/mol. The van der Waals surface area contributed by atoms with Crippen molar-refractivity contribution in [3.05, 3.63) is 169 Å². The van der Waals surface area contributed by atoms with Crippen molar-refractivity contribution in [2.45, 2.75) is 26.2 Å². The maximum Gasteiger partial charge on any atom is 2.00 e. The largest absolute Gasteiger partial charge is 2.00 e. The number of fused-ring (bicyclic) bond motifs is 4. The van der Waals surface area contributed by atoms with Crippen LogP contribution in [0.5, 0.6) is 11.5 Å². The van der Waals surface area contributed by atoms with E-state index in [4.69, 9.17) is 24.7 Å². The van der Waals surface area contributed by atoms with E-state index in [1.807, 2.05) is 132 Å². The molecule has 0 radical (unpaired) electrons. The van der Waals surface area contributed by atoms with Crippen molar-refractivity contribution in [2.24, 2.45) is 0 Å². The zero-order chi connectivity index (χ0) is 39.4. The second-order valence-corrected chi connectivity index (χ2v) is 15.3. The second kappa shape index (κ2) is 15.1. The fourth-order valence-electron chi connectivity index (χ4n) is 7.45. The summed E-state index contributed by atoms with van der Waals surface area (Å²) in [5.41, 5.74) is 8.22. The maximum atomic E-state index is 6.93. The van der Waals surface area contributed by atoms with Crippen LogP contribution in [-0.4, -0.2) is 42.1 Å². The van der Waals surface area contributed by atoms with Crippen LogP contribution in [0.1, 0.15) is 26.3 Å². The monoisotopic (exact) mass is 946 g/mol. The number of hydrogen-bond acceptors (Lipinski definition) is 5. The van der Waals surface area contributed by atoms with E-state index in [1.54, 1.807) is 0 Å². The minimum absolute atomic E-state index is 0. The molecule has 286 valence electrons. The Morgan fingerprint density at radius 2 is 1.31 bits per heavy atom. The predicted octanol–water partition coefficient (Wildman–Crippen LogP) is 11.3. The minimum atomic E-state index is -0.0764. The predicted molar refractivity (Wildman–Crippen MR) is 230 cm³/mol. The van der Waals surface area contributed by atoms with E-state index >= 15 is 0 Å². The standard InChI is InChI=1S/C50H37N7O.Pt/c1-50(2,3)35-25-26-41-38(28-35)39-30-40(49-53-47(33-16-7-5-8-17-33)52-48(54-49)34-18-9-6-10-19-34)45(31-44(39)57(41)46-24-13-14-27-51-46)58-37-21-15-20-36(29-37)56-32-55(4)42-22-11-12-23-43(42)56;/h5-28,30H,1-4H3;/q;+2. The third-order valence-corrected chi connectivity index (χ3v) is 10.4. The Kier molecular flexibility index (Phi) is 9.68. The summed E-state index contributed by atoms with van der Waals surface area (Å²) in [6.07, 6.45) is 1.81. The molecule has 6 aromatic carbocycles. The molecule has 0 fully saturated rings. The fraction of sp³-hybridized carbons (Fsp3) is 0.100. The Morgan fingerprint density at radius 3 is 1.98 bits per heavy atom. The topological polar surface area (TPSA) is 71.7 Å². The van der Waals surface area contributed by atoms with E-state index in [0.717, 1.165) is 55.8 Å². The summed E-state index contributed by atoms with van der Waals surface area (Å²) >= 11 is 0. The molecule has 0 saturated carbocycles. The Hall–Kier alpha value is -6.85. The molecule has 0 spiro atoms. The van der Waals surface area contributed by atoms with Crippen molar-refractivity contribution < 1.29 is 30.4 Å². The van der Waals surface area contributed by atoms with Gasteiger partial charge in [0.2, 0.25) is 0 Å². The van der Waals surface area contributed by atoms with E-state index < -0.39 is 0 Å². The van der Waals surface area contributed by atoms with Crippen molar-refractivity contribution >= 4 is 44.9 Å². The molecule has 0 saturated heterocycles. The molecule has 10 rings (SSSR count). The molecule has 4 heterocycles. The van der Waals surface area contributed by atoms with E-state index in [9.17, 15) is 0 Å². The van der Waals surface area contributed by atoms with Gasteiger partial charge in [0.1, 0.15) is 17.3 Å². The summed E-state index contributed by atoms with van der Waals surface area (Å²) in [6, 6.07) is 59.4. The SMILES string of the molecule is C[N+]1=C=[N+](c2[c-]c(Oc3[c-]c4c(cc3-c3nc(-c5ccccc5)nc(-c5ccccc5)n3)c3cc(C(C)(C)C)ccc3n4-c3ccccn3)ccc2)c2ccccc21.[Pt+2]. The molecule has 1 aliphatic heterocycles. The minimum Gasteiger partial charge on any atom is -0.508 e. The van der Waals surface area contributed by atoms with Crippen LogP contribution < -0.4 is 9.31 Å². The molecule has 3 aromatic heterocycles. The quantitative estimate of drug-likeness (QED) is 0.118. The molecule has 9 heteroatoms. The number of benzene rings is 6. The summed E-state index contributed by atoms with van der Waals surface area (Å²) in [4.78, 5) is 20.1. The first kappa shape index (κ1) is 37.7. The molecule has 0 aliphatic carbocycles. The zero-order valence-electron chi connectivity index (χ0n) is 32.8. The van der Waals surface area contributed by atoms with E-state index in [-0.39, 0.29) is 26.5 Å². The van der Waals surface area contributed by atoms with Gasteiger partial charge in [0.15, 0.2) is 18.7 Å². The molecule has 59 heavy (non-hydrogen) atoms. The number of nitrogens with zero attached hydrogens (tertiary/aromatic N) is 7. The van der Waals surface area contributed by atoms with Crippen LogP contribution in [0.15, 0.2) is 152 Å². The second-order valence-electron chi connectivity index (χ2n) is 15.3. The Labute approximate surface area is 356 Å². The van der Waals surface area contributed by atoms with Gasteiger partial charge in [0, 0.05) is 46.5 Å². The van der Waals surface area contributed by atoms with Gasteiger partial charge in [0.05, 0.1) is 0 Å². The van der Waals surface area contributed by atoms with Crippen LogP contribution in [0, 0.1) is 12.1 Å². The first-order valence-corrected chi connectivity index (χ1v) is 19.2. The average molecular weight is 947 g/mol. The van der Waals surface area contributed by atoms with Crippen LogP contribution in [-0.2, 0) is 26.5 Å². The Bertz CT molecular complexity index is 3060. The molecule has 9 aromatic rings. The summed E-state index contributed by atoms with van der Waals surface area (Å²) in [5, 5.41) is 2.03. The Morgan fingerprint density at radius 1 is 0.644 bits per heavy atom. The number of para-hydroxylation sites is 2. The smallest absolute Gasteiger partial charge is 0.508 e. The summed E-state index contributed by atoms with van der Waals surface area (Å²) in [7, 11) is 1.99. The van der Waals surface area contributed by atoms with Crippen LogP contribution in [0.4, 0.5) is 17.1 Å². The van der Waals surface area contributed by atoms with Gasteiger partial charge < -0.3 is 9.30 Å². The van der Waals surface area contributed by atoms with Gasteiger partial charge in [-0.1, -0.05) is 139 Å². The summed E-state index contributed by atoms with van der Waals surface area (Å²) < 4.78 is 13.0. The molecule has 0 atom stereocenters. The van der Waals surface area contributed by atoms with E-state index in [0.29, 0.717) is 34.5 Å². The van der Waals surface area contributed by atoms with Gasteiger partial charge in [-0.15, -0.1) is 23.6 Å². The number of ether oxygens (including phenoxy) is 1. The zero-order valence-corrected chi connectivity index (χ0v) is 35.1. The normalized spacial score (nSPS) is 12.2. The first-order valence-electron chi connectivity index (χ1n) is 19.2.